The van der Waals surface area contributed by atoms with Gasteiger partial charge in [-0.2, -0.15) is 0 Å². The van der Waals surface area contributed by atoms with Crippen molar-refractivity contribution in [3.8, 4) is 17.2 Å². The van der Waals surface area contributed by atoms with Crippen LogP contribution in [-0.4, -0.2) is 33.1 Å². The Morgan fingerprint density at radius 2 is 1.70 bits per heavy atom. The standard InChI is InChI=1S/C18H20F3N3O3/c1-25-15-8-5-13(11-16(15)26-2)24-17(22)23-10-9-12-3-6-14(7-4-12)27-18(19,20)21/h3-8,11H,9-10H2,1-2H3,(H3,22,23,24). The number of hydrogen-bond donors (Lipinski definition) is 2. The molecule has 2 aromatic carbocycles. The summed E-state index contributed by atoms with van der Waals surface area (Å²) < 4.78 is 50.6. The van der Waals surface area contributed by atoms with Gasteiger partial charge in [-0.1, -0.05) is 12.1 Å². The Morgan fingerprint density at radius 3 is 2.30 bits per heavy atom. The van der Waals surface area contributed by atoms with E-state index in [0.717, 1.165) is 5.56 Å². The number of aliphatic imine (C=N–C) groups is 1. The van der Waals surface area contributed by atoms with Crippen LogP contribution in [0.2, 0.25) is 0 Å². The number of nitrogens with zero attached hydrogens (tertiary/aromatic N) is 1. The maximum absolute atomic E-state index is 12.1. The Hall–Kier alpha value is -3.10. The summed E-state index contributed by atoms with van der Waals surface area (Å²) in [7, 11) is 3.08. The first kappa shape index (κ1) is 20.2. The number of anilines is 1. The topological polar surface area (TPSA) is 78.1 Å². The highest BCUT2D eigenvalue weighted by Crippen LogP contribution is 2.29. The first-order valence-corrected chi connectivity index (χ1v) is 7.94. The van der Waals surface area contributed by atoms with E-state index in [4.69, 9.17) is 15.2 Å². The first-order chi connectivity index (χ1) is 12.8. The summed E-state index contributed by atoms with van der Waals surface area (Å²) in [6.07, 6.45) is -4.18. The number of guanidine groups is 1. The smallest absolute Gasteiger partial charge is 0.493 e. The van der Waals surface area contributed by atoms with Gasteiger partial charge >= 0.3 is 6.36 Å². The third-order valence-electron chi connectivity index (χ3n) is 3.50. The number of hydrogen-bond acceptors (Lipinski definition) is 4. The molecule has 0 heterocycles. The van der Waals surface area contributed by atoms with E-state index in [1.165, 1.54) is 19.2 Å². The molecule has 2 aromatic rings. The van der Waals surface area contributed by atoms with Crippen LogP contribution in [-0.2, 0) is 6.42 Å². The van der Waals surface area contributed by atoms with E-state index in [9.17, 15) is 13.2 Å². The van der Waals surface area contributed by atoms with Crippen molar-refractivity contribution in [3.05, 3.63) is 48.0 Å². The lowest BCUT2D eigenvalue weighted by molar-refractivity contribution is -0.274. The molecule has 0 fully saturated rings. The van der Waals surface area contributed by atoms with Crippen molar-refractivity contribution >= 4 is 11.6 Å². The lowest BCUT2D eigenvalue weighted by atomic mass is 10.1. The summed E-state index contributed by atoms with van der Waals surface area (Å²) >= 11 is 0. The van der Waals surface area contributed by atoms with Gasteiger partial charge in [0.05, 0.1) is 14.2 Å². The minimum absolute atomic E-state index is 0.208. The van der Waals surface area contributed by atoms with Crippen LogP contribution < -0.4 is 25.3 Å². The van der Waals surface area contributed by atoms with Gasteiger partial charge in [0.25, 0.3) is 0 Å². The Morgan fingerprint density at radius 1 is 1.04 bits per heavy atom. The van der Waals surface area contributed by atoms with E-state index >= 15 is 0 Å². The van der Waals surface area contributed by atoms with Crippen molar-refractivity contribution in [3.63, 3.8) is 0 Å². The van der Waals surface area contributed by atoms with Crippen LogP contribution in [0.15, 0.2) is 47.5 Å². The highest BCUT2D eigenvalue weighted by molar-refractivity contribution is 5.92. The van der Waals surface area contributed by atoms with E-state index in [-0.39, 0.29) is 11.7 Å². The van der Waals surface area contributed by atoms with Crippen molar-refractivity contribution < 1.29 is 27.4 Å². The second kappa shape index (κ2) is 9.02. The van der Waals surface area contributed by atoms with Crippen LogP contribution in [0.5, 0.6) is 17.2 Å². The third-order valence-corrected chi connectivity index (χ3v) is 3.50. The van der Waals surface area contributed by atoms with Gasteiger partial charge in [-0.3, -0.25) is 4.99 Å². The Bertz CT molecular complexity index is 778. The summed E-state index contributed by atoms with van der Waals surface area (Å²) in [5, 5.41) is 2.94. The number of nitrogens with one attached hydrogen (secondary N) is 1. The van der Waals surface area contributed by atoms with Gasteiger partial charge in [0.15, 0.2) is 17.5 Å². The van der Waals surface area contributed by atoms with Crippen molar-refractivity contribution in [2.45, 2.75) is 12.8 Å². The van der Waals surface area contributed by atoms with Gasteiger partial charge in [-0.05, 0) is 36.2 Å². The predicted octanol–water partition coefficient (Wildman–Crippen LogP) is 3.57. The van der Waals surface area contributed by atoms with Crippen LogP contribution in [0.25, 0.3) is 0 Å². The Labute approximate surface area is 154 Å². The molecule has 0 aliphatic carbocycles. The lowest BCUT2D eigenvalue weighted by Crippen LogP contribution is -2.23. The quantitative estimate of drug-likeness (QED) is 0.565. The Balaban J connectivity index is 1.89. The zero-order chi connectivity index (χ0) is 19.9. The third kappa shape index (κ3) is 6.61. The van der Waals surface area contributed by atoms with Crippen LogP contribution in [0.4, 0.5) is 18.9 Å². The minimum Gasteiger partial charge on any atom is -0.493 e. The van der Waals surface area contributed by atoms with Gasteiger partial charge in [-0.25, -0.2) is 0 Å². The molecule has 0 saturated carbocycles. The number of benzene rings is 2. The molecule has 0 radical (unpaired) electrons. The summed E-state index contributed by atoms with van der Waals surface area (Å²) in [5.41, 5.74) is 7.34. The van der Waals surface area contributed by atoms with E-state index in [2.05, 4.69) is 15.0 Å². The maximum atomic E-state index is 12.1. The normalized spacial score (nSPS) is 11.8. The highest BCUT2D eigenvalue weighted by Gasteiger charge is 2.30. The van der Waals surface area contributed by atoms with Crippen molar-refractivity contribution in [1.82, 2.24) is 0 Å². The number of methoxy groups -OCH3 is 2. The van der Waals surface area contributed by atoms with E-state index in [1.807, 2.05) is 0 Å². The monoisotopic (exact) mass is 383 g/mol. The van der Waals surface area contributed by atoms with E-state index in [0.29, 0.717) is 30.2 Å². The summed E-state index contributed by atoms with van der Waals surface area (Å²) in [4.78, 5) is 4.19. The van der Waals surface area contributed by atoms with Gasteiger partial charge in [-0.15, -0.1) is 13.2 Å². The maximum Gasteiger partial charge on any atom is 0.573 e. The molecule has 146 valence electrons. The molecule has 0 aromatic heterocycles. The molecule has 0 bridgehead atoms. The molecule has 0 unspecified atom stereocenters. The first-order valence-electron chi connectivity index (χ1n) is 7.94. The molecule has 0 atom stereocenters. The molecule has 6 nitrogen and oxygen atoms in total. The van der Waals surface area contributed by atoms with Crippen molar-refractivity contribution in [1.29, 1.82) is 0 Å². The zero-order valence-electron chi connectivity index (χ0n) is 14.8. The number of alkyl halides is 3. The van der Waals surface area contributed by atoms with Crippen LogP contribution in [0.3, 0.4) is 0 Å². The molecule has 0 aliphatic heterocycles. The number of nitrogens with two attached hydrogens (primary N) is 1. The number of halogens is 3. The predicted molar refractivity (Wildman–Crippen MR) is 96.5 cm³/mol. The molecule has 0 amide bonds. The summed E-state index contributed by atoms with van der Waals surface area (Å²) in [5.74, 6) is 1.09. The zero-order valence-corrected chi connectivity index (χ0v) is 14.8. The SMILES string of the molecule is COc1ccc(NC(N)=NCCc2ccc(OC(F)(F)F)cc2)cc1OC. The van der Waals surface area contributed by atoms with Gasteiger partial charge in [0, 0.05) is 18.3 Å². The van der Waals surface area contributed by atoms with Crippen molar-refractivity contribution in [2.75, 3.05) is 26.1 Å². The fourth-order valence-electron chi connectivity index (χ4n) is 2.26. The molecule has 0 aliphatic rings. The van der Waals surface area contributed by atoms with Gasteiger partial charge in [0.1, 0.15) is 5.75 Å². The molecule has 0 spiro atoms. The molecule has 3 N–H and O–H groups in total. The lowest BCUT2D eigenvalue weighted by Gasteiger charge is -2.11. The van der Waals surface area contributed by atoms with Crippen molar-refractivity contribution in [2.24, 2.45) is 10.7 Å². The molecular formula is C18H20F3N3O3. The summed E-state index contributed by atoms with van der Waals surface area (Å²) in [6, 6.07) is 10.8. The fourth-order valence-corrected chi connectivity index (χ4v) is 2.26. The fraction of sp³-hybridized carbons (Fsp3) is 0.278. The van der Waals surface area contributed by atoms with Gasteiger partial charge < -0.3 is 25.3 Å². The largest absolute Gasteiger partial charge is 0.573 e. The number of rotatable bonds is 7. The second-order valence-electron chi connectivity index (χ2n) is 5.40. The van der Waals surface area contributed by atoms with Crippen LogP contribution >= 0.6 is 0 Å². The molecular weight excluding hydrogens is 363 g/mol. The van der Waals surface area contributed by atoms with Crippen LogP contribution in [0, 0.1) is 0 Å². The van der Waals surface area contributed by atoms with Crippen LogP contribution in [0.1, 0.15) is 5.56 Å². The molecule has 2 rings (SSSR count). The molecule has 27 heavy (non-hydrogen) atoms. The van der Waals surface area contributed by atoms with Gasteiger partial charge in [0.2, 0.25) is 0 Å². The van der Waals surface area contributed by atoms with E-state index < -0.39 is 6.36 Å². The second-order valence-corrected chi connectivity index (χ2v) is 5.40. The Kier molecular flexibility index (Phi) is 6.75. The average molecular weight is 383 g/mol. The molecule has 0 saturated heterocycles. The van der Waals surface area contributed by atoms with E-state index in [1.54, 1.807) is 37.4 Å². The number of ether oxygens (including phenoxy) is 3. The summed E-state index contributed by atoms with van der Waals surface area (Å²) in [6.45, 7) is 0.367. The molecule has 9 heteroatoms. The average Bonchev–Trinajstić information content (AvgIpc) is 2.61. The minimum atomic E-state index is -4.70. The highest BCUT2D eigenvalue weighted by atomic mass is 19.4.